The van der Waals surface area contributed by atoms with Crippen LogP contribution in [0, 0.1) is 12.7 Å². The summed E-state index contributed by atoms with van der Waals surface area (Å²) in [5, 5.41) is 0. The van der Waals surface area contributed by atoms with Crippen molar-refractivity contribution in [3.05, 3.63) is 71.0 Å². The van der Waals surface area contributed by atoms with Gasteiger partial charge in [0.25, 0.3) is 0 Å². The van der Waals surface area contributed by atoms with Crippen LogP contribution in [0.5, 0.6) is 0 Å². The summed E-state index contributed by atoms with van der Waals surface area (Å²) in [6.07, 6.45) is 0.736. The fourth-order valence-corrected chi connectivity index (χ4v) is 2.02. The number of hydrogen-bond acceptors (Lipinski definition) is 2. The molecule has 2 aromatic carbocycles. The van der Waals surface area contributed by atoms with Gasteiger partial charge in [0.2, 0.25) is 0 Å². The van der Waals surface area contributed by atoms with Crippen molar-refractivity contribution in [2.75, 3.05) is 0 Å². The summed E-state index contributed by atoms with van der Waals surface area (Å²) in [6, 6.07) is 14.8. The number of benzene rings is 2. The van der Waals surface area contributed by atoms with Crippen LogP contribution < -0.4 is 11.3 Å². The Labute approximate surface area is 107 Å². The molecule has 0 aliphatic heterocycles. The summed E-state index contributed by atoms with van der Waals surface area (Å²) in [5.41, 5.74) is 6.21. The number of rotatable bonds is 4. The van der Waals surface area contributed by atoms with E-state index in [9.17, 15) is 4.39 Å². The maximum Gasteiger partial charge on any atom is 0.123 e. The van der Waals surface area contributed by atoms with Crippen molar-refractivity contribution < 1.29 is 4.39 Å². The highest BCUT2D eigenvalue weighted by atomic mass is 19.1. The van der Waals surface area contributed by atoms with Gasteiger partial charge in [0, 0.05) is 6.04 Å². The van der Waals surface area contributed by atoms with Gasteiger partial charge in [0.05, 0.1) is 0 Å². The van der Waals surface area contributed by atoms with Crippen molar-refractivity contribution in [1.29, 1.82) is 0 Å². The predicted octanol–water partition coefficient (Wildman–Crippen LogP) is 2.88. The lowest BCUT2D eigenvalue weighted by Gasteiger charge is -2.17. The summed E-state index contributed by atoms with van der Waals surface area (Å²) in [7, 11) is 0. The molecule has 0 radical (unpaired) electrons. The monoisotopic (exact) mass is 244 g/mol. The average Bonchev–Trinajstić information content (AvgIpc) is 2.38. The fourth-order valence-electron chi connectivity index (χ4n) is 2.02. The SMILES string of the molecule is Cc1cccc(C(Cc2ccc(F)cc2)NN)c1. The molecule has 3 N–H and O–H groups in total. The van der Waals surface area contributed by atoms with Crippen molar-refractivity contribution >= 4 is 0 Å². The zero-order valence-corrected chi connectivity index (χ0v) is 10.4. The highest BCUT2D eigenvalue weighted by molar-refractivity contribution is 5.27. The number of nitrogens with one attached hydrogen (secondary N) is 1. The zero-order chi connectivity index (χ0) is 13.0. The molecule has 18 heavy (non-hydrogen) atoms. The number of hydrogen-bond donors (Lipinski definition) is 2. The lowest BCUT2D eigenvalue weighted by molar-refractivity contribution is 0.550. The molecule has 0 aliphatic carbocycles. The van der Waals surface area contributed by atoms with Gasteiger partial charge >= 0.3 is 0 Å². The van der Waals surface area contributed by atoms with Crippen molar-refractivity contribution in [2.45, 2.75) is 19.4 Å². The van der Waals surface area contributed by atoms with E-state index in [4.69, 9.17) is 5.84 Å². The molecule has 0 bridgehead atoms. The molecule has 94 valence electrons. The molecule has 2 aromatic rings. The second-order valence-corrected chi connectivity index (χ2v) is 4.46. The van der Waals surface area contributed by atoms with Gasteiger partial charge in [-0.25, -0.2) is 4.39 Å². The second-order valence-electron chi connectivity index (χ2n) is 4.46. The average molecular weight is 244 g/mol. The smallest absolute Gasteiger partial charge is 0.123 e. The maximum absolute atomic E-state index is 12.8. The van der Waals surface area contributed by atoms with E-state index in [1.54, 1.807) is 12.1 Å². The molecule has 0 saturated heterocycles. The van der Waals surface area contributed by atoms with Crippen LogP contribution in [0.3, 0.4) is 0 Å². The van der Waals surface area contributed by atoms with Crippen molar-refractivity contribution in [2.24, 2.45) is 5.84 Å². The van der Waals surface area contributed by atoms with E-state index in [1.807, 2.05) is 12.1 Å². The Hall–Kier alpha value is -1.71. The van der Waals surface area contributed by atoms with E-state index in [0.717, 1.165) is 17.5 Å². The first kappa shape index (κ1) is 12.7. The molecule has 0 heterocycles. The van der Waals surface area contributed by atoms with Gasteiger partial charge in [-0.1, -0.05) is 42.0 Å². The van der Waals surface area contributed by atoms with Gasteiger partial charge in [-0.15, -0.1) is 0 Å². The van der Waals surface area contributed by atoms with E-state index < -0.39 is 0 Å². The molecule has 3 heteroatoms. The molecule has 2 rings (SSSR count). The third-order valence-corrected chi connectivity index (χ3v) is 3.00. The van der Waals surface area contributed by atoms with Crippen LogP contribution in [-0.4, -0.2) is 0 Å². The fraction of sp³-hybridized carbons (Fsp3) is 0.200. The van der Waals surface area contributed by atoms with Crippen molar-refractivity contribution in [3.8, 4) is 0 Å². The van der Waals surface area contributed by atoms with E-state index >= 15 is 0 Å². The first-order valence-corrected chi connectivity index (χ1v) is 5.96. The molecule has 0 amide bonds. The van der Waals surface area contributed by atoms with Crippen molar-refractivity contribution in [3.63, 3.8) is 0 Å². The third kappa shape index (κ3) is 3.15. The van der Waals surface area contributed by atoms with Crippen LogP contribution in [0.25, 0.3) is 0 Å². The third-order valence-electron chi connectivity index (χ3n) is 3.00. The van der Waals surface area contributed by atoms with E-state index in [1.165, 1.54) is 17.7 Å². The summed E-state index contributed by atoms with van der Waals surface area (Å²) in [5.74, 6) is 5.39. The molecule has 0 aromatic heterocycles. The molecule has 0 aliphatic rings. The second kappa shape index (κ2) is 5.76. The van der Waals surface area contributed by atoms with Gasteiger partial charge in [-0.05, 0) is 36.6 Å². The van der Waals surface area contributed by atoms with Gasteiger partial charge in [0.1, 0.15) is 5.82 Å². The number of hydrazine groups is 1. The number of nitrogens with two attached hydrogens (primary N) is 1. The van der Waals surface area contributed by atoms with Crippen LogP contribution in [0.4, 0.5) is 4.39 Å². The minimum atomic E-state index is -0.216. The Kier molecular flexibility index (Phi) is 4.07. The molecular formula is C15H17FN2. The van der Waals surface area contributed by atoms with Crippen molar-refractivity contribution in [1.82, 2.24) is 5.43 Å². The Morgan fingerprint density at radius 3 is 2.50 bits per heavy atom. The zero-order valence-electron chi connectivity index (χ0n) is 10.4. The summed E-state index contributed by atoms with van der Waals surface area (Å²) < 4.78 is 12.8. The molecule has 1 atom stereocenters. The first-order valence-electron chi connectivity index (χ1n) is 5.96. The largest absolute Gasteiger partial charge is 0.271 e. The Balaban J connectivity index is 2.17. The van der Waals surface area contributed by atoms with Gasteiger partial charge < -0.3 is 0 Å². The summed E-state index contributed by atoms with van der Waals surface area (Å²) in [6.45, 7) is 2.05. The summed E-state index contributed by atoms with van der Waals surface area (Å²) in [4.78, 5) is 0. The lowest BCUT2D eigenvalue weighted by atomic mass is 9.98. The molecule has 1 unspecified atom stereocenters. The molecular weight excluding hydrogens is 227 g/mol. The minimum Gasteiger partial charge on any atom is -0.271 e. The van der Waals surface area contributed by atoms with E-state index in [0.29, 0.717) is 0 Å². The van der Waals surface area contributed by atoms with Gasteiger partial charge in [-0.3, -0.25) is 11.3 Å². The van der Waals surface area contributed by atoms with Crippen LogP contribution in [0.1, 0.15) is 22.7 Å². The molecule has 2 nitrogen and oxygen atoms in total. The highest BCUT2D eigenvalue weighted by Crippen LogP contribution is 2.19. The van der Waals surface area contributed by atoms with Crippen LogP contribution in [0.2, 0.25) is 0 Å². The van der Waals surface area contributed by atoms with E-state index in [-0.39, 0.29) is 11.9 Å². The number of halogens is 1. The quantitative estimate of drug-likeness (QED) is 0.641. The standard InChI is InChI=1S/C15H17FN2/c1-11-3-2-4-13(9-11)15(18-17)10-12-5-7-14(16)8-6-12/h2-9,15,18H,10,17H2,1H3. The van der Waals surface area contributed by atoms with E-state index in [2.05, 4.69) is 24.5 Å². The van der Waals surface area contributed by atoms with Crippen LogP contribution in [-0.2, 0) is 6.42 Å². The molecule has 0 fully saturated rings. The summed E-state index contributed by atoms with van der Waals surface area (Å²) >= 11 is 0. The maximum atomic E-state index is 12.8. The Bertz CT molecular complexity index is 508. The predicted molar refractivity (Wildman–Crippen MR) is 71.3 cm³/mol. The Morgan fingerprint density at radius 1 is 1.17 bits per heavy atom. The topological polar surface area (TPSA) is 38.0 Å². The van der Waals surface area contributed by atoms with Crippen LogP contribution in [0.15, 0.2) is 48.5 Å². The van der Waals surface area contributed by atoms with Gasteiger partial charge in [-0.2, -0.15) is 0 Å². The first-order chi connectivity index (χ1) is 8.69. The normalized spacial score (nSPS) is 12.4. The lowest BCUT2D eigenvalue weighted by Crippen LogP contribution is -2.29. The highest BCUT2D eigenvalue weighted by Gasteiger charge is 2.10. The minimum absolute atomic E-state index is 0.0374. The van der Waals surface area contributed by atoms with Gasteiger partial charge in [0.15, 0.2) is 0 Å². The molecule has 0 saturated carbocycles. The molecule has 0 spiro atoms. The Morgan fingerprint density at radius 2 is 1.89 bits per heavy atom. The number of aryl methyl sites for hydroxylation is 1. The van der Waals surface area contributed by atoms with Crippen LogP contribution >= 0.6 is 0 Å².